The van der Waals surface area contributed by atoms with Gasteiger partial charge in [-0.2, -0.15) is 0 Å². The van der Waals surface area contributed by atoms with E-state index in [2.05, 4.69) is 29.4 Å². The number of hydrogen-bond acceptors (Lipinski definition) is 5. The summed E-state index contributed by atoms with van der Waals surface area (Å²) in [6, 6.07) is 10.1. The molecule has 1 aromatic carbocycles. The Morgan fingerprint density at radius 3 is 2.86 bits per heavy atom. The molecular formula is C16H16N2O2S. The highest BCUT2D eigenvalue weighted by molar-refractivity contribution is 7.11. The standard InChI is InChI=1S/C16H16N2O2S/c1-11-2-4-14(21-11)7-18-13-3-5-15(12(6-13)9-19)16-8-17-10-20-16/h2-6,8,10,18-19H,7,9H2,1H3. The Balaban J connectivity index is 1.78. The van der Waals surface area contributed by atoms with E-state index in [4.69, 9.17) is 4.42 Å². The molecule has 0 bridgehead atoms. The van der Waals surface area contributed by atoms with E-state index in [0.717, 1.165) is 23.4 Å². The van der Waals surface area contributed by atoms with Gasteiger partial charge in [0, 0.05) is 27.5 Å². The molecular weight excluding hydrogens is 284 g/mol. The molecule has 0 radical (unpaired) electrons. The monoisotopic (exact) mass is 300 g/mol. The molecule has 2 N–H and O–H groups in total. The summed E-state index contributed by atoms with van der Waals surface area (Å²) in [5.74, 6) is 0.666. The first-order chi connectivity index (χ1) is 10.3. The highest BCUT2D eigenvalue weighted by atomic mass is 32.1. The number of rotatable bonds is 5. The summed E-state index contributed by atoms with van der Waals surface area (Å²) in [7, 11) is 0. The number of aromatic nitrogens is 1. The Labute approximate surface area is 127 Å². The number of nitrogens with one attached hydrogen (secondary N) is 1. The highest BCUT2D eigenvalue weighted by Gasteiger charge is 2.08. The topological polar surface area (TPSA) is 58.3 Å². The van der Waals surface area contributed by atoms with Gasteiger partial charge in [0.05, 0.1) is 12.8 Å². The number of oxazole rings is 1. The van der Waals surface area contributed by atoms with Gasteiger partial charge < -0.3 is 14.8 Å². The van der Waals surface area contributed by atoms with Crippen LogP contribution in [0.2, 0.25) is 0 Å². The molecule has 3 rings (SSSR count). The largest absolute Gasteiger partial charge is 0.444 e. The van der Waals surface area contributed by atoms with E-state index >= 15 is 0 Å². The predicted octanol–water partition coefficient (Wildman–Crippen LogP) is 3.82. The lowest BCUT2D eigenvalue weighted by atomic mass is 10.1. The maximum atomic E-state index is 9.54. The molecule has 5 heteroatoms. The van der Waals surface area contributed by atoms with Crippen molar-refractivity contribution in [3.8, 4) is 11.3 Å². The molecule has 0 atom stereocenters. The van der Waals surface area contributed by atoms with E-state index in [-0.39, 0.29) is 6.61 Å². The van der Waals surface area contributed by atoms with Gasteiger partial charge in [0.2, 0.25) is 0 Å². The third-order valence-corrected chi connectivity index (χ3v) is 4.24. The van der Waals surface area contributed by atoms with Gasteiger partial charge in [-0.15, -0.1) is 11.3 Å². The van der Waals surface area contributed by atoms with Crippen molar-refractivity contribution in [3.63, 3.8) is 0 Å². The Morgan fingerprint density at radius 2 is 2.19 bits per heavy atom. The van der Waals surface area contributed by atoms with E-state index in [1.807, 2.05) is 18.2 Å². The van der Waals surface area contributed by atoms with Gasteiger partial charge in [-0.25, -0.2) is 4.98 Å². The second-order valence-corrected chi connectivity index (χ2v) is 6.13. The van der Waals surface area contributed by atoms with E-state index < -0.39 is 0 Å². The lowest BCUT2D eigenvalue weighted by molar-refractivity contribution is 0.282. The van der Waals surface area contributed by atoms with Crippen LogP contribution in [0.1, 0.15) is 15.3 Å². The van der Waals surface area contributed by atoms with E-state index in [0.29, 0.717) is 5.76 Å². The van der Waals surface area contributed by atoms with Crippen molar-refractivity contribution in [2.24, 2.45) is 0 Å². The summed E-state index contributed by atoms with van der Waals surface area (Å²) in [5.41, 5.74) is 2.67. The number of hydrogen-bond donors (Lipinski definition) is 2. The summed E-state index contributed by atoms with van der Waals surface area (Å²) >= 11 is 1.78. The number of anilines is 1. The molecule has 108 valence electrons. The minimum absolute atomic E-state index is 0.0380. The average Bonchev–Trinajstić information content (AvgIpc) is 3.16. The van der Waals surface area contributed by atoms with E-state index in [1.54, 1.807) is 17.5 Å². The van der Waals surface area contributed by atoms with Gasteiger partial charge in [-0.1, -0.05) is 0 Å². The number of benzene rings is 1. The molecule has 0 unspecified atom stereocenters. The van der Waals surface area contributed by atoms with Gasteiger partial charge in [0.1, 0.15) is 0 Å². The molecule has 0 saturated carbocycles. The first kappa shape index (κ1) is 13.9. The zero-order valence-electron chi connectivity index (χ0n) is 11.7. The lowest BCUT2D eigenvalue weighted by Crippen LogP contribution is -1.99. The number of aliphatic hydroxyl groups excluding tert-OH is 1. The van der Waals surface area contributed by atoms with Gasteiger partial charge in [0.25, 0.3) is 0 Å². The first-order valence-corrected chi connectivity index (χ1v) is 7.50. The fourth-order valence-corrected chi connectivity index (χ4v) is 3.02. The lowest BCUT2D eigenvalue weighted by Gasteiger charge is -2.09. The number of thiophene rings is 1. The quantitative estimate of drug-likeness (QED) is 0.752. The Hall–Kier alpha value is -2.11. The summed E-state index contributed by atoms with van der Waals surface area (Å²) < 4.78 is 5.29. The zero-order valence-corrected chi connectivity index (χ0v) is 12.5. The van der Waals surface area contributed by atoms with Crippen LogP contribution in [0, 0.1) is 6.92 Å². The minimum atomic E-state index is -0.0380. The zero-order chi connectivity index (χ0) is 14.7. The van der Waals surface area contributed by atoms with Crippen LogP contribution in [0.5, 0.6) is 0 Å². The Bertz CT molecular complexity index is 720. The van der Waals surface area contributed by atoms with Crippen molar-refractivity contribution in [2.45, 2.75) is 20.1 Å². The van der Waals surface area contributed by atoms with Crippen molar-refractivity contribution in [2.75, 3.05) is 5.32 Å². The van der Waals surface area contributed by atoms with Crippen molar-refractivity contribution in [1.29, 1.82) is 0 Å². The number of aryl methyl sites for hydroxylation is 1. The third-order valence-electron chi connectivity index (χ3n) is 3.24. The van der Waals surface area contributed by atoms with Crippen LogP contribution >= 0.6 is 11.3 Å². The second-order valence-electron chi connectivity index (χ2n) is 4.76. The normalized spacial score (nSPS) is 10.8. The van der Waals surface area contributed by atoms with Crippen LogP contribution in [0.3, 0.4) is 0 Å². The van der Waals surface area contributed by atoms with E-state index in [1.165, 1.54) is 16.1 Å². The molecule has 0 fully saturated rings. The molecule has 21 heavy (non-hydrogen) atoms. The van der Waals surface area contributed by atoms with Gasteiger partial charge >= 0.3 is 0 Å². The molecule has 3 aromatic rings. The Kier molecular flexibility index (Phi) is 4.03. The first-order valence-electron chi connectivity index (χ1n) is 6.68. The molecule has 0 aliphatic rings. The summed E-state index contributed by atoms with van der Waals surface area (Å²) in [6.07, 6.45) is 3.04. The maximum Gasteiger partial charge on any atom is 0.181 e. The van der Waals surface area contributed by atoms with Crippen molar-refractivity contribution < 1.29 is 9.52 Å². The van der Waals surface area contributed by atoms with Crippen LogP contribution in [0.15, 0.2) is 47.3 Å². The molecule has 0 amide bonds. The van der Waals surface area contributed by atoms with Gasteiger partial charge in [-0.05, 0) is 42.8 Å². The van der Waals surface area contributed by atoms with Crippen LogP contribution in [-0.4, -0.2) is 10.1 Å². The number of nitrogens with zero attached hydrogens (tertiary/aromatic N) is 1. The van der Waals surface area contributed by atoms with Crippen LogP contribution in [0.4, 0.5) is 5.69 Å². The van der Waals surface area contributed by atoms with Crippen molar-refractivity contribution in [1.82, 2.24) is 4.98 Å². The molecule has 0 aliphatic carbocycles. The average molecular weight is 300 g/mol. The smallest absolute Gasteiger partial charge is 0.181 e. The molecule has 2 heterocycles. The Morgan fingerprint density at radius 1 is 1.29 bits per heavy atom. The highest BCUT2D eigenvalue weighted by Crippen LogP contribution is 2.27. The van der Waals surface area contributed by atoms with Crippen molar-refractivity contribution >= 4 is 17.0 Å². The minimum Gasteiger partial charge on any atom is -0.444 e. The molecule has 0 spiro atoms. The van der Waals surface area contributed by atoms with Crippen LogP contribution in [-0.2, 0) is 13.2 Å². The molecule has 4 nitrogen and oxygen atoms in total. The predicted molar refractivity (Wildman–Crippen MR) is 84.2 cm³/mol. The number of aliphatic hydroxyl groups is 1. The fourth-order valence-electron chi connectivity index (χ4n) is 2.19. The van der Waals surface area contributed by atoms with Gasteiger partial charge in [0.15, 0.2) is 12.2 Å². The third kappa shape index (κ3) is 3.15. The maximum absolute atomic E-state index is 9.54. The SMILES string of the molecule is Cc1ccc(CNc2ccc(-c3cnco3)c(CO)c2)s1. The van der Waals surface area contributed by atoms with Crippen LogP contribution < -0.4 is 5.32 Å². The van der Waals surface area contributed by atoms with Gasteiger partial charge in [-0.3, -0.25) is 0 Å². The summed E-state index contributed by atoms with van der Waals surface area (Å²) in [4.78, 5) is 6.51. The van der Waals surface area contributed by atoms with Crippen LogP contribution in [0.25, 0.3) is 11.3 Å². The molecule has 0 saturated heterocycles. The molecule has 2 aromatic heterocycles. The summed E-state index contributed by atoms with van der Waals surface area (Å²) in [5, 5.41) is 12.9. The summed E-state index contributed by atoms with van der Waals surface area (Å²) in [6.45, 7) is 2.85. The fraction of sp³-hybridized carbons (Fsp3) is 0.188. The van der Waals surface area contributed by atoms with E-state index in [9.17, 15) is 5.11 Å². The second kappa shape index (κ2) is 6.11. The molecule has 0 aliphatic heterocycles. The van der Waals surface area contributed by atoms with Crippen molar-refractivity contribution in [3.05, 3.63) is 58.2 Å².